The van der Waals surface area contributed by atoms with Crippen molar-refractivity contribution in [1.29, 1.82) is 0 Å². The zero-order chi connectivity index (χ0) is 14.8. The third-order valence-corrected chi connectivity index (χ3v) is 5.53. The Balaban J connectivity index is 3.31. The summed E-state index contributed by atoms with van der Waals surface area (Å²) in [5.74, 6) is 0. The summed E-state index contributed by atoms with van der Waals surface area (Å²) < 4.78 is 27.1. The highest BCUT2D eigenvalue weighted by Gasteiger charge is 2.27. The zero-order valence-electron chi connectivity index (χ0n) is 11.0. The fraction of sp³-hybridized carbons (Fsp3) is 0.500. The smallest absolute Gasteiger partial charge is 0.242 e. The van der Waals surface area contributed by atoms with Crippen molar-refractivity contribution in [2.75, 3.05) is 0 Å². The first-order chi connectivity index (χ1) is 8.64. The Kier molecular flexibility index (Phi) is 5.26. The van der Waals surface area contributed by atoms with Crippen LogP contribution >= 0.6 is 23.2 Å². The lowest BCUT2D eigenvalue weighted by Crippen LogP contribution is -2.42. The van der Waals surface area contributed by atoms with E-state index in [1.54, 1.807) is 13.8 Å². The van der Waals surface area contributed by atoms with Gasteiger partial charge in [0.2, 0.25) is 10.0 Å². The van der Waals surface area contributed by atoms with Gasteiger partial charge in [-0.3, -0.25) is 0 Å². The Morgan fingerprint density at radius 1 is 1.32 bits per heavy atom. The molecule has 0 heterocycles. The third-order valence-electron chi connectivity index (χ3n) is 2.89. The molecule has 0 bridgehead atoms. The number of rotatable bonds is 5. The van der Waals surface area contributed by atoms with Crippen LogP contribution < -0.4 is 4.72 Å². The second kappa shape index (κ2) is 5.97. The standard InChI is InChI=1S/C12H17Cl2NO3S/c1-4-12(2,3)15-19(17,18)10-6-5-9(13)8(7-16)11(10)14/h5-6,15-16H,4,7H2,1-3H3. The van der Waals surface area contributed by atoms with Crippen LogP contribution in [-0.4, -0.2) is 19.1 Å². The van der Waals surface area contributed by atoms with Crippen molar-refractivity contribution in [2.45, 2.75) is 44.2 Å². The second-order valence-corrected chi connectivity index (χ2v) is 7.28. The summed E-state index contributed by atoms with van der Waals surface area (Å²) in [6.45, 7) is 5.02. The number of nitrogens with one attached hydrogen (secondary N) is 1. The quantitative estimate of drug-likeness (QED) is 0.874. The molecule has 0 aliphatic carbocycles. The SMILES string of the molecule is CCC(C)(C)NS(=O)(=O)c1ccc(Cl)c(CO)c1Cl. The molecule has 7 heteroatoms. The number of aliphatic hydroxyl groups excluding tert-OH is 1. The minimum absolute atomic E-state index is 0.0468. The van der Waals surface area contributed by atoms with E-state index in [2.05, 4.69) is 4.72 Å². The number of hydrogen-bond donors (Lipinski definition) is 2. The van der Waals surface area contributed by atoms with E-state index in [9.17, 15) is 13.5 Å². The van der Waals surface area contributed by atoms with Crippen LogP contribution in [0.2, 0.25) is 10.0 Å². The molecule has 1 rings (SSSR count). The van der Waals surface area contributed by atoms with Crippen molar-refractivity contribution in [2.24, 2.45) is 0 Å². The first kappa shape index (κ1) is 16.7. The summed E-state index contributed by atoms with van der Waals surface area (Å²) >= 11 is 11.9. The van der Waals surface area contributed by atoms with E-state index in [0.29, 0.717) is 6.42 Å². The molecule has 0 atom stereocenters. The van der Waals surface area contributed by atoms with E-state index in [1.165, 1.54) is 12.1 Å². The Hall–Kier alpha value is -0.330. The van der Waals surface area contributed by atoms with Gasteiger partial charge in [0.1, 0.15) is 4.90 Å². The van der Waals surface area contributed by atoms with Crippen LogP contribution in [0.4, 0.5) is 0 Å². The lowest BCUT2D eigenvalue weighted by atomic mass is 10.0. The van der Waals surface area contributed by atoms with Gasteiger partial charge in [-0.25, -0.2) is 13.1 Å². The predicted molar refractivity (Wildman–Crippen MR) is 77.1 cm³/mol. The van der Waals surface area contributed by atoms with Gasteiger partial charge in [-0.2, -0.15) is 0 Å². The average molecular weight is 326 g/mol. The van der Waals surface area contributed by atoms with Crippen molar-refractivity contribution in [3.05, 3.63) is 27.7 Å². The monoisotopic (exact) mass is 325 g/mol. The van der Waals surface area contributed by atoms with Crippen LogP contribution in [0.15, 0.2) is 17.0 Å². The van der Waals surface area contributed by atoms with Crippen LogP contribution in [0.5, 0.6) is 0 Å². The van der Waals surface area contributed by atoms with Gasteiger partial charge in [-0.1, -0.05) is 30.1 Å². The van der Waals surface area contributed by atoms with E-state index < -0.39 is 22.2 Å². The van der Waals surface area contributed by atoms with Crippen LogP contribution in [0.1, 0.15) is 32.8 Å². The lowest BCUT2D eigenvalue weighted by Gasteiger charge is -2.24. The molecule has 0 amide bonds. The topological polar surface area (TPSA) is 66.4 Å². The minimum Gasteiger partial charge on any atom is -0.392 e. The second-order valence-electron chi connectivity index (χ2n) is 4.84. The first-order valence-corrected chi connectivity index (χ1v) is 8.00. The molecule has 0 aliphatic rings. The largest absolute Gasteiger partial charge is 0.392 e. The highest BCUT2D eigenvalue weighted by atomic mass is 35.5. The van der Waals surface area contributed by atoms with Gasteiger partial charge >= 0.3 is 0 Å². The molecule has 0 saturated heterocycles. The lowest BCUT2D eigenvalue weighted by molar-refractivity contribution is 0.281. The molecule has 19 heavy (non-hydrogen) atoms. The molecule has 0 aliphatic heterocycles. The molecular weight excluding hydrogens is 309 g/mol. The minimum atomic E-state index is -3.76. The van der Waals surface area contributed by atoms with E-state index in [4.69, 9.17) is 23.2 Å². The van der Waals surface area contributed by atoms with Crippen molar-refractivity contribution < 1.29 is 13.5 Å². The molecule has 0 saturated carbocycles. The Morgan fingerprint density at radius 3 is 2.37 bits per heavy atom. The summed E-state index contributed by atoms with van der Waals surface area (Å²) in [7, 11) is -3.76. The summed E-state index contributed by atoms with van der Waals surface area (Å²) in [6, 6.07) is 2.74. The number of hydrogen-bond acceptors (Lipinski definition) is 3. The molecule has 2 N–H and O–H groups in total. The van der Waals surface area contributed by atoms with Gasteiger partial charge in [-0.05, 0) is 32.4 Å². The van der Waals surface area contributed by atoms with Crippen molar-refractivity contribution in [3.8, 4) is 0 Å². The fourth-order valence-corrected chi connectivity index (χ4v) is 3.80. The van der Waals surface area contributed by atoms with Crippen molar-refractivity contribution in [1.82, 2.24) is 4.72 Å². The molecule has 108 valence electrons. The van der Waals surface area contributed by atoms with Crippen LogP contribution in [0.3, 0.4) is 0 Å². The maximum atomic E-state index is 12.3. The van der Waals surface area contributed by atoms with Crippen LogP contribution in [0, 0.1) is 0 Å². The van der Waals surface area contributed by atoms with Crippen LogP contribution in [-0.2, 0) is 16.6 Å². The highest BCUT2D eigenvalue weighted by Crippen LogP contribution is 2.31. The van der Waals surface area contributed by atoms with Crippen molar-refractivity contribution >= 4 is 33.2 Å². The van der Waals surface area contributed by atoms with Gasteiger partial charge in [0.05, 0.1) is 11.6 Å². The normalized spacial score (nSPS) is 12.7. The number of benzene rings is 1. The molecule has 0 radical (unpaired) electrons. The number of sulfonamides is 1. The predicted octanol–water partition coefficient (Wildman–Crippen LogP) is 2.95. The van der Waals surface area contributed by atoms with E-state index in [0.717, 1.165) is 0 Å². The summed E-state index contributed by atoms with van der Waals surface area (Å²) in [5.41, 5.74) is -0.373. The van der Waals surface area contributed by atoms with Gasteiger partial charge < -0.3 is 5.11 Å². The molecule has 1 aromatic carbocycles. The Labute approximate surface area is 123 Å². The van der Waals surface area contributed by atoms with Gasteiger partial charge in [-0.15, -0.1) is 0 Å². The molecule has 0 fully saturated rings. The van der Waals surface area contributed by atoms with Crippen LogP contribution in [0.25, 0.3) is 0 Å². The molecule has 4 nitrogen and oxygen atoms in total. The van der Waals surface area contributed by atoms with E-state index >= 15 is 0 Å². The number of halogens is 2. The number of aliphatic hydroxyl groups is 1. The summed E-state index contributed by atoms with van der Waals surface area (Å²) in [4.78, 5) is -0.0795. The molecule has 1 aromatic rings. The van der Waals surface area contributed by atoms with Gasteiger partial charge in [0.25, 0.3) is 0 Å². The fourth-order valence-electron chi connectivity index (χ4n) is 1.42. The van der Waals surface area contributed by atoms with Gasteiger partial charge in [0.15, 0.2) is 0 Å². The highest BCUT2D eigenvalue weighted by molar-refractivity contribution is 7.89. The van der Waals surface area contributed by atoms with Gasteiger partial charge in [0, 0.05) is 16.1 Å². The molecule has 0 spiro atoms. The average Bonchev–Trinajstić information content (AvgIpc) is 2.27. The Morgan fingerprint density at radius 2 is 1.89 bits per heavy atom. The first-order valence-electron chi connectivity index (χ1n) is 5.76. The maximum absolute atomic E-state index is 12.3. The van der Waals surface area contributed by atoms with E-state index in [1.807, 2.05) is 6.92 Å². The Bertz CT molecular complexity index is 571. The molecule has 0 aromatic heterocycles. The van der Waals surface area contributed by atoms with E-state index in [-0.39, 0.29) is 20.5 Å². The third kappa shape index (κ3) is 3.83. The molecular formula is C12H17Cl2NO3S. The zero-order valence-corrected chi connectivity index (χ0v) is 13.3. The molecule has 0 unspecified atom stereocenters. The summed E-state index contributed by atoms with van der Waals surface area (Å²) in [5, 5.41) is 9.37. The summed E-state index contributed by atoms with van der Waals surface area (Å²) in [6.07, 6.45) is 0.629. The maximum Gasteiger partial charge on any atom is 0.242 e. The van der Waals surface area contributed by atoms with Crippen molar-refractivity contribution in [3.63, 3.8) is 0 Å².